The van der Waals surface area contributed by atoms with Crippen LogP contribution in [0.4, 0.5) is 4.39 Å². The zero-order valence-corrected chi connectivity index (χ0v) is 18.9. The van der Waals surface area contributed by atoms with E-state index in [0.29, 0.717) is 22.6 Å². The van der Waals surface area contributed by atoms with Crippen LogP contribution in [-0.4, -0.2) is 14.0 Å². The normalized spacial score (nSPS) is 26.1. The molecule has 0 amide bonds. The number of fused-ring (bicyclic) bond motifs is 1. The third-order valence-electron chi connectivity index (χ3n) is 6.91. The Morgan fingerprint density at radius 2 is 1.60 bits per heavy atom. The van der Waals surface area contributed by atoms with Crippen molar-refractivity contribution in [3.05, 3.63) is 70.4 Å². The number of sulfone groups is 1. The van der Waals surface area contributed by atoms with Gasteiger partial charge in [0.15, 0.2) is 0 Å². The third-order valence-corrected chi connectivity index (χ3v) is 8.81. The molecule has 0 radical (unpaired) electrons. The topological polar surface area (TPSA) is 43.4 Å². The fourth-order valence-corrected chi connectivity index (χ4v) is 6.73. The Kier molecular flexibility index (Phi) is 5.08. The van der Waals surface area contributed by atoms with Gasteiger partial charge in [-0.1, -0.05) is 31.5 Å². The fourth-order valence-electron chi connectivity index (χ4n) is 5.17. The van der Waals surface area contributed by atoms with Crippen LogP contribution in [0.1, 0.15) is 57.6 Å². The van der Waals surface area contributed by atoms with Gasteiger partial charge in [0, 0.05) is 11.5 Å². The van der Waals surface area contributed by atoms with Gasteiger partial charge < -0.3 is 4.74 Å². The van der Waals surface area contributed by atoms with Crippen LogP contribution in [0.5, 0.6) is 0 Å². The Bertz CT molecular complexity index is 1080. The number of halogens is 1. The van der Waals surface area contributed by atoms with Crippen LogP contribution >= 0.6 is 0 Å². The molecule has 2 aromatic rings. The number of hydrogen-bond acceptors (Lipinski definition) is 3. The standard InChI is InChI=1S/C25H29FO3S/c1-17-6-12-20(13-7-17)30(27,28)21-16-22-24(2,3)14-5-15-25(22,4)29-23(21)18-8-10-19(26)11-9-18/h6-13,22H,5,14-16H2,1-4H3/t22-,25-/m0/s1. The molecular formula is C25H29FO3S. The van der Waals surface area contributed by atoms with Gasteiger partial charge in [0.25, 0.3) is 0 Å². The molecule has 0 aromatic heterocycles. The van der Waals surface area contributed by atoms with Gasteiger partial charge in [0.1, 0.15) is 17.2 Å². The summed E-state index contributed by atoms with van der Waals surface area (Å²) in [5.41, 5.74) is 1.13. The molecule has 0 N–H and O–H groups in total. The molecule has 5 heteroatoms. The highest BCUT2D eigenvalue weighted by molar-refractivity contribution is 7.95. The fraction of sp³-hybridized carbons (Fsp3) is 0.440. The van der Waals surface area contributed by atoms with Gasteiger partial charge in [-0.15, -0.1) is 0 Å². The average Bonchev–Trinajstić information content (AvgIpc) is 2.67. The minimum absolute atomic E-state index is 0.0324. The third kappa shape index (κ3) is 3.58. The molecular weight excluding hydrogens is 399 g/mol. The van der Waals surface area contributed by atoms with Gasteiger partial charge >= 0.3 is 0 Å². The predicted molar refractivity (Wildman–Crippen MR) is 117 cm³/mol. The summed E-state index contributed by atoms with van der Waals surface area (Å²) in [6.45, 7) is 8.44. The highest BCUT2D eigenvalue weighted by Gasteiger charge is 2.53. The molecule has 2 aromatic carbocycles. The van der Waals surface area contributed by atoms with Crippen molar-refractivity contribution in [2.75, 3.05) is 0 Å². The maximum atomic E-state index is 13.7. The predicted octanol–water partition coefficient (Wildman–Crippen LogP) is 6.28. The van der Waals surface area contributed by atoms with Crippen LogP contribution in [0.25, 0.3) is 5.76 Å². The Morgan fingerprint density at radius 1 is 0.967 bits per heavy atom. The van der Waals surface area contributed by atoms with E-state index in [-0.39, 0.29) is 22.0 Å². The number of benzene rings is 2. The molecule has 30 heavy (non-hydrogen) atoms. The first-order valence-corrected chi connectivity index (χ1v) is 12.0. The first kappa shape index (κ1) is 21.1. The Morgan fingerprint density at radius 3 is 2.23 bits per heavy atom. The second kappa shape index (κ2) is 7.23. The lowest BCUT2D eigenvalue weighted by Crippen LogP contribution is -2.51. The highest BCUT2D eigenvalue weighted by atomic mass is 32.2. The molecule has 160 valence electrons. The summed E-state index contributed by atoms with van der Waals surface area (Å²) < 4.78 is 47.6. The van der Waals surface area contributed by atoms with Crippen molar-refractivity contribution in [1.82, 2.24) is 0 Å². The SMILES string of the molecule is Cc1ccc(S(=O)(=O)C2=C(c3ccc(F)cc3)O[C@@]3(C)CCCC(C)(C)[C@@H]3C2)cc1. The lowest BCUT2D eigenvalue weighted by atomic mass is 9.60. The van der Waals surface area contributed by atoms with Crippen molar-refractivity contribution in [2.24, 2.45) is 11.3 Å². The van der Waals surface area contributed by atoms with E-state index in [0.717, 1.165) is 24.8 Å². The molecule has 0 unspecified atom stereocenters. The molecule has 0 spiro atoms. The van der Waals surface area contributed by atoms with Crippen LogP contribution in [0.3, 0.4) is 0 Å². The van der Waals surface area contributed by atoms with Crippen molar-refractivity contribution in [2.45, 2.75) is 63.9 Å². The molecule has 1 heterocycles. The molecule has 1 aliphatic heterocycles. The first-order chi connectivity index (χ1) is 14.0. The molecule has 1 saturated carbocycles. The molecule has 0 saturated heterocycles. The molecule has 4 rings (SSSR count). The van der Waals surface area contributed by atoms with Crippen LogP contribution < -0.4 is 0 Å². The van der Waals surface area contributed by atoms with Gasteiger partial charge in [0.2, 0.25) is 9.84 Å². The Hall–Kier alpha value is -2.14. The lowest BCUT2D eigenvalue weighted by Gasteiger charge is -2.53. The van der Waals surface area contributed by atoms with E-state index in [9.17, 15) is 12.8 Å². The minimum Gasteiger partial charge on any atom is -0.486 e. The second-order valence-electron chi connectivity index (χ2n) is 9.59. The Balaban J connectivity index is 1.92. The maximum absolute atomic E-state index is 13.7. The molecule has 0 bridgehead atoms. The lowest BCUT2D eigenvalue weighted by molar-refractivity contribution is -0.0951. The zero-order chi connectivity index (χ0) is 21.7. The molecule has 3 nitrogen and oxygen atoms in total. The number of allylic oxidation sites excluding steroid dienone is 1. The highest BCUT2D eigenvalue weighted by Crippen LogP contribution is 2.56. The molecule has 1 fully saturated rings. The van der Waals surface area contributed by atoms with Crippen LogP contribution in [0.2, 0.25) is 0 Å². The van der Waals surface area contributed by atoms with Crippen molar-refractivity contribution in [3.63, 3.8) is 0 Å². The van der Waals surface area contributed by atoms with Gasteiger partial charge in [-0.05, 0) is 81.3 Å². The smallest absolute Gasteiger partial charge is 0.206 e. The summed E-state index contributed by atoms with van der Waals surface area (Å²) >= 11 is 0. The van der Waals surface area contributed by atoms with E-state index in [1.165, 1.54) is 12.1 Å². The van der Waals surface area contributed by atoms with Crippen molar-refractivity contribution in [3.8, 4) is 0 Å². The summed E-state index contributed by atoms with van der Waals surface area (Å²) in [4.78, 5) is 0.568. The average molecular weight is 429 g/mol. The van der Waals surface area contributed by atoms with E-state index in [4.69, 9.17) is 4.74 Å². The summed E-state index contributed by atoms with van der Waals surface area (Å²) in [5, 5.41) is 0. The van der Waals surface area contributed by atoms with E-state index >= 15 is 0 Å². The number of hydrogen-bond donors (Lipinski definition) is 0. The van der Waals surface area contributed by atoms with Gasteiger partial charge in [-0.25, -0.2) is 12.8 Å². The van der Waals surface area contributed by atoms with Crippen LogP contribution in [0.15, 0.2) is 58.3 Å². The summed E-state index contributed by atoms with van der Waals surface area (Å²) in [7, 11) is -3.75. The number of rotatable bonds is 3. The van der Waals surface area contributed by atoms with Gasteiger partial charge in [-0.3, -0.25) is 0 Å². The van der Waals surface area contributed by atoms with Crippen molar-refractivity contribution in [1.29, 1.82) is 0 Å². The maximum Gasteiger partial charge on any atom is 0.206 e. The van der Waals surface area contributed by atoms with Crippen LogP contribution in [-0.2, 0) is 14.6 Å². The van der Waals surface area contributed by atoms with Gasteiger partial charge in [-0.2, -0.15) is 0 Å². The largest absolute Gasteiger partial charge is 0.486 e. The number of aryl methyl sites for hydroxylation is 1. The number of ether oxygens (including phenoxy) is 1. The first-order valence-electron chi connectivity index (χ1n) is 10.5. The van der Waals surface area contributed by atoms with Crippen LogP contribution in [0, 0.1) is 24.1 Å². The molecule has 2 atom stereocenters. The van der Waals surface area contributed by atoms with E-state index in [2.05, 4.69) is 20.8 Å². The van der Waals surface area contributed by atoms with E-state index in [1.54, 1.807) is 24.3 Å². The van der Waals surface area contributed by atoms with E-state index in [1.807, 2.05) is 19.1 Å². The van der Waals surface area contributed by atoms with E-state index < -0.39 is 15.4 Å². The zero-order valence-electron chi connectivity index (χ0n) is 18.0. The minimum atomic E-state index is -3.75. The molecule has 2 aliphatic rings. The quantitative estimate of drug-likeness (QED) is 0.578. The van der Waals surface area contributed by atoms with Crippen molar-refractivity contribution >= 4 is 15.6 Å². The van der Waals surface area contributed by atoms with Gasteiger partial charge in [0.05, 0.1) is 9.80 Å². The monoisotopic (exact) mass is 428 g/mol. The van der Waals surface area contributed by atoms with Crippen molar-refractivity contribution < 1.29 is 17.5 Å². The second-order valence-corrected chi connectivity index (χ2v) is 11.6. The summed E-state index contributed by atoms with van der Waals surface area (Å²) in [6.07, 6.45) is 3.38. The molecule has 1 aliphatic carbocycles. The summed E-state index contributed by atoms with van der Waals surface area (Å²) in [6, 6.07) is 12.8. The Labute approximate surface area is 178 Å². The summed E-state index contributed by atoms with van der Waals surface area (Å²) in [5.74, 6) is 0.0891.